The van der Waals surface area contributed by atoms with E-state index in [4.69, 9.17) is 9.47 Å². The Labute approximate surface area is 125 Å². The summed E-state index contributed by atoms with van der Waals surface area (Å²) in [6, 6.07) is 7.57. The predicted octanol–water partition coefficient (Wildman–Crippen LogP) is 1.24. The van der Waals surface area contributed by atoms with Gasteiger partial charge < -0.3 is 14.6 Å². The summed E-state index contributed by atoms with van der Waals surface area (Å²) in [5, 5.41) is 9.79. The van der Waals surface area contributed by atoms with Crippen molar-refractivity contribution in [2.24, 2.45) is 0 Å². The van der Waals surface area contributed by atoms with E-state index in [0.717, 1.165) is 18.7 Å². The van der Waals surface area contributed by atoms with Crippen LogP contribution in [0.1, 0.15) is 18.9 Å². The first-order valence-electron chi connectivity index (χ1n) is 7.35. The number of esters is 1. The summed E-state index contributed by atoms with van der Waals surface area (Å²) >= 11 is 0. The topological polar surface area (TPSA) is 59.0 Å². The summed E-state index contributed by atoms with van der Waals surface area (Å²) in [6.07, 6.45) is 0.837. The van der Waals surface area contributed by atoms with Gasteiger partial charge in [0.2, 0.25) is 0 Å². The normalized spacial score (nSPS) is 22.2. The zero-order valence-corrected chi connectivity index (χ0v) is 12.6. The molecule has 21 heavy (non-hydrogen) atoms. The molecule has 2 atom stereocenters. The van der Waals surface area contributed by atoms with E-state index in [2.05, 4.69) is 0 Å². The van der Waals surface area contributed by atoms with Crippen LogP contribution in [0.5, 0.6) is 5.75 Å². The number of likely N-dealkylation sites (tertiary alicyclic amines) is 1. The molecular weight excluding hydrogens is 270 g/mol. The van der Waals surface area contributed by atoms with E-state index in [1.54, 1.807) is 14.0 Å². The number of hydrogen-bond acceptors (Lipinski definition) is 5. The standard InChI is InChI=1S/C16H23NO4/c1-3-21-16(19)15-10-13(18)11-17(15)9-8-12-4-6-14(20-2)7-5-12/h4-7,13,15,18H,3,8-11H2,1-2H3. The van der Waals surface area contributed by atoms with Crippen molar-refractivity contribution >= 4 is 5.97 Å². The van der Waals surface area contributed by atoms with Gasteiger partial charge in [-0.2, -0.15) is 0 Å². The van der Waals surface area contributed by atoms with Crippen LogP contribution in [0.4, 0.5) is 0 Å². The predicted molar refractivity (Wildman–Crippen MR) is 79.3 cm³/mol. The highest BCUT2D eigenvalue weighted by Crippen LogP contribution is 2.20. The maximum atomic E-state index is 11.9. The van der Waals surface area contributed by atoms with E-state index in [1.807, 2.05) is 29.2 Å². The van der Waals surface area contributed by atoms with Crippen molar-refractivity contribution in [3.63, 3.8) is 0 Å². The smallest absolute Gasteiger partial charge is 0.323 e. The Kier molecular flexibility index (Phi) is 5.59. The number of carbonyl (C=O) groups excluding carboxylic acids is 1. The number of aliphatic hydroxyl groups excluding tert-OH is 1. The number of hydrogen-bond donors (Lipinski definition) is 1. The fraction of sp³-hybridized carbons (Fsp3) is 0.562. The number of ether oxygens (including phenoxy) is 2. The third-order valence-electron chi connectivity index (χ3n) is 3.79. The zero-order valence-electron chi connectivity index (χ0n) is 12.6. The molecule has 0 radical (unpaired) electrons. The van der Waals surface area contributed by atoms with E-state index < -0.39 is 6.10 Å². The Morgan fingerprint density at radius 3 is 2.71 bits per heavy atom. The summed E-state index contributed by atoms with van der Waals surface area (Å²) in [6.45, 7) is 3.43. The molecule has 1 saturated heterocycles. The Morgan fingerprint density at radius 2 is 2.10 bits per heavy atom. The van der Waals surface area contributed by atoms with E-state index in [0.29, 0.717) is 19.6 Å². The van der Waals surface area contributed by atoms with Crippen molar-refractivity contribution < 1.29 is 19.4 Å². The van der Waals surface area contributed by atoms with Crippen molar-refractivity contribution in [1.29, 1.82) is 0 Å². The van der Waals surface area contributed by atoms with Crippen molar-refractivity contribution in [2.45, 2.75) is 31.9 Å². The van der Waals surface area contributed by atoms with Crippen molar-refractivity contribution in [3.05, 3.63) is 29.8 Å². The molecule has 0 amide bonds. The highest BCUT2D eigenvalue weighted by Gasteiger charge is 2.36. The van der Waals surface area contributed by atoms with E-state index in [9.17, 15) is 9.90 Å². The van der Waals surface area contributed by atoms with Gasteiger partial charge in [0.25, 0.3) is 0 Å². The van der Waals surface area contributed by atoms with E-state index in [1.165, 1.54) is 5.56 Å². The first kappa shape index (κ1) is 15.8. The average Bonchev–Trinajstić information content (AvgIpc) is 2.87. The Morgan fingerprint density at radius 1 is 1.38 bits per heavy atom. The minimum absolute atomic E-state index is 0.233. The number of nitrogens with zero attached hydrogens (tertiary/aromatic N) is 1. The molecule has 1 heterocycles. The quantitative estimate of drug-likeness (QED) is 0.800. The molecule has 5 nitrogen and oxygen atoms in total. The molecule has 1 fully saturated rings. The van der Waals surface area contributed by atoms with Gasteiger partial charge in [0.1, 0.15) is 11.8 Å². The summed E-state index contributed by atoms with van der Waals surface area (Å²) in [7, 11) is 1.64. The SMILES string of the molecule is CCOC(=O)C1CC(O)CN1CCc1ccc(OC)cc1. The highest BCUT2D eigenvalue weighted by atomic mass is 16.5. The summed E-state index contributed by atoms with van der Waals surface area (Å²) in [5.74, 6) is 0.600. The van der Waals surface area contributed by atoms with Crippen LogP contribution in [0.2, 0.25) is 0 Å². The molecule has 116 valence electrons. The molecule has 0 spiro atoms. The molecule has 2 unspecified atom stereocenters. The fourth-order valence-corrected chi connectivity index (χ4v) is 2.68. The van der Waals surface area contributed by atoms with Crippen LogP contribution in [0, 0.1) is 0 Å². The molecule has 1 aliphatic heterocycles. The van der Waals surface area contributed by atoms with Gasteiger partial charge >= 0.3 is 5.97 Å². The van der Waals surface area contributed by atoms with Gasteiger partial charge in [0.05, 0.1) is 19.8 Å². The third-order valence-corrected chi connectivity index (χ3v) is 3.79. The first-order chi connectivity index (χ1) is 10.1. The lowest BCUT2D eigenvalue weighted by Gasteiger charge is -2.22. The Bertz CT molecular complexity index is 460. The Hall–Kier alpha value is -1.59. The molecule has 1 aliphatic rings. The van der Waals surface area contributed by atoms with Crippen LogP contribution in [0.25, 0.3) is 0 Å². The second-order valence-corrected chi connectivity index (χ2v) is 5.25. The van der Waals surface area contributed by atoms with E-state index in [-0.39, 0.29) is 12.0 Å². The van der Waals surface area contributed by atoms with Gasteiger partial charge in [0.15, 0.2) is 0 Å². The molecular formula is C16H23NO4. The van der Waals surface area contributed by atoms with Gasteiger partial charge in [0, 0.05) is 19.5 Å². The summed E-state index contributed by atoms with van der Waals surface area (Å²) < 4.78 is 10.2. The molecule has 1 aromatic rings. The molecule has 0 bridgehead atoms. The van der Waals surface area contributed by atoms with Gasteiger partial charge in [-0.3, -0.25) is 9.69 Å². The number of benzene rings is 1. The van der Waals surface area contributed by atoms with Crippen molar-refractivity contribution in [2.75, 3.05) is 26.8 Å². The second-order valence-electron chi connectivity index (χ2n) is 5.25. The van der Waals surface area contributed by atoms with Gasteiger partial charge in [-0.25, -0.2) is 0 Å². The fourth-order valence-electron chi connectivity index (χ4n) is 2.68. The number of methoxy groups -OCH3 is 1. The van der Waals surface area contributed by atoms with Crippen molar-refractivity contribution in [3.8, 4) is 5.75 Å². The maximum absolute atomic E-state index is 11.9. The van der Waals surface area contributed by atoms with E-state index >= 15 is 0 Å². The van der Waals surface area contributed by atoms with Crippen LogP contribution in [0.3, 0.4) is 0 Å². The van der Waals surface area contributed by atoms with Gasteiger partial charge in [-0.05, 0) is 31.0 Å². The lowest BCUT2D eigenvalue weighted by molar-refractivity contribution is -0.148. The average molecular weight is 293 g/mol. The lowest BCUT2D eigenvalue weighted by atomic mass is 10.1. The van der Waals surface area contributed by atoms with Crippen LogP contribution < -0.4 is 4.74 Å². The highest BCUT2D eigenvalue weighted by molar-refractivity contribution is 5.76. The Balaban J connectivity index is 1.91. The second kappa shape index (κ2) is 7.43. The largest absolute Gasteiger partial charge is 0.497 e. The molecule has 0 saturated carbocycles. The van der Waals surface area contributed by atoms with Crippen LogP contribution >= 0.6 is 0 Å². The van der Waals surface area contributed by atoms with Crippen LogP contribution in [-0.2, 0) is 16.0 Å². The zero-order chi connectivity index (χ0) is 15.2. The summed E-state index contributed by atoms with van der Waals surface area (Å²) in [4.78, 5) is 13.9. The van der Waals surface area contributed by atoms with Gasteiger partial charge in [-0.1, -0.05) is 12.1 Å². The number of β-amino-alcohol motifs (C(OH)–C–C–N with tert-alkyl or cyclic N) is 1. The van der Waals surface area contributed by atoms with Crippen molar-refractivity contribution in [1.82, 2.24) is 4.90 Å². The van der Waals surface area contributed by atoms with Crippen LogP contribution in [0.15, 0.2) is 24.3 Å². The monoisotopic (exact) mass is 293 g/mol. The number of aliphatic hydroxyl groups is 1. The number of rotatable bonds is 6. The minimum Gasteiger partial charge on any atom is -0.497 e. The minimum atomic E-state index is -0.449. The van der Waals surface area contributed by atoms with Crippen LogP contribution in [-0.4, -0.2) is 54.9 Å². The molecule has 1 aromatic carbocycles. The number of carbonyl (C=O) groups is 1. The lowest BCUT2D eigenvalue weighted by Crippen LogP contribution is -2.38. The molecule has 0 aromatic heterocycles. The third kappa shape index (κ3) is 4.19. The molecule has 0 aliphatic carbocycles. The summed E-state index contributed by atoms with van der Waals surface area (Å²) in [5.41, 5.74) is 1.18. The molecule has 2 rings (SSSR count). The molecule has 1 N–H and O–H groups in total. The maximum Gasteiger partial charge on any atom is 0.323 e. The first-order valence-corrected chi connectivity index (χ1v) is 7.35. The molecule has 5 heteroatoms. The van der Waals surface area contributed by atoms with Gasteiger partial charge in [-0.15, -0.1) is 0 Å².